The fourth-order valence-electron chi connectivity index (χ4n) is 3.61. The largest absolute Gasteiger partial charge is 0.377 e. The van der Waals surface area contributed by atoms with E-state index in [0.29, 0.717) is 0 Å². The van der Waals surface area contributed by atoms with Gasteiger partial charge in [0.15, 0.2) is 0 Å². The Hall–Kier alpha value is -1.86. The molecule has 0 fully saturated rings. The van der Waals surface area contributed by atoms with Crippen LogP contribution in [-0.2, 0) is 11.2 Å². The normalized spacial score (nSPS) is 18.4. The highest BCUT2D eigenvalue weighted by atomic mass is 16.5. The molecule has 4 rings (SSSR count). The Balaban J connectivity index is 2.11. The second kappa shape index (κ2) is 4.60. The highest BCUT2D eigenvalue weighted by Gasteiger charge is 2.22. The molecule has 0 N–H and O–H groups in total. The van der Waals surface area contributed by atoms with Crippen molar-refractivity contribution in [3.05, 3.63) is 59.7 Å². The number of rotatable bonds is 1. The minimum atomic E-state index is 0.253. The summed E-state index contributed by atoms with van der Waals surface area (Å²) >= 11 is 0. The summed E-state index contributed by atoms with van der Waals surface area (Å²) < 4.78 is 5.74. The third kappa shape index (κ3) is 1.66. The van der Waals surface area contributed by atoms with Gasteiger partial charge in [-0.25, -0.2) is 0 Å². The lowest BCUT2D eigenvalue weighted by atomic mass is 9.84. The fourth-order valence-corrected chi connectivity index (χ4v) is 3.61. The maximum absolute atomic E-state index is 5.74. The summed E-state index contributed by atoms with van der Waals surface area (Å²) in [6.45, 7) is 0. The summed E-state index contributed by atoms with van der Waals surface area (Å²) in [6.07, 6.45) is 3.79. The Morgan fingerprint density at radius 3 is 2.65 bits per heavy atom. The van der Waals surface area contributed by atoms with Gasteiger partial charge in [0.05, 0.1) is 6.10 Å². The van der Waals surface area contributed by atoms with E-state index < -0.39 is 0 Å². The number of benzene rings is 3. The van der Waals surface area contributed by atoms with Crippen molar-refractivity contribution >= 4 is 21.5 Å². The molecule has 0 radical (unpaired) electrons. The zero-order valence-corrected chi connectivity index (χ0v) is 11.7. The van der Waals surface area contributed by atoms with Gasteiger partial charge >= 0.3 is 0 Å². The average Bonchev–Trinajstić information content (AvgIpc) is 2.53. The van der Waals surface area contributed by atoms with Crippen molar-refractivity contribution < 1.29 is 4.74 Å². The molecule has 0 bridgehead atoms. The van der Waals surface area contributed by atoms with Crippen molar-refractivity contribution in [2.45, 2.75) is 25.4 Å². The molecule has 1 atom stereocenters. The third-order valence-corrected chi connectivity index (χ3v) is 4.58. The van der Waals surface area contributed by atoms with Crippen LogP contribution in [0.15, 0.2) is 48.5 Å². The Morgan fingerprint density at radius 2 is 1.75 bits per heavy atom. The van der Waals surface area contributed by atoms with E-state index >= 15 is 0 Å². The van der Waals surface area contributed by atoms with Crippen LogP contribution < -0.4 is 0 Å². The van der Waals surface area contributed by atoms with Gasteiger partial charge in [-0.3, -0.25) is 0 Å². The molecule has 100 valence electrons. The molecule has 1 aliphatic rings. The van der Waals surface area contributed by atoms with Crippen LogP contribution in [0.3, 0.4) is 0 Å². The first-order valence-corrected chi connectivity index (χ1v) is 7.34. The fraction of sp³-hybridized carbons (Fsp3) is 0.263. The molecular formula is C19H18O. The number of hydrogen-bond acceptors (Lipinski definition) is 1. The van der Waals surface area contributed by atoms with Gasteiger partial charge in [-0.2, -0.15) is 0 Å². The van der Waals surface area contributed by atoms with Gasteiger partial charge in [0, 0.05) is 7.11 Å². The summed E-state index contributed by atoms with van der Waals surface area (Å²) in [5, 5.41) is 5.37. The summed E-state index contributed by atoms with van der Waals surface area (Å²) in [7, 11) is 1.83. The number of methoxy groups -OCH3 is 1. The molecule has 0 saturated carbocycles. The minimum absolute atomic E-state index is 0.253. The van der Waals surface area contributed by atoms with Crippen molar-refractivity contribution in [1.82, 2.24) is 0 Å². The lowest BCUT2D eigenvalue weighted by Gasteiger charge is -2.26. The lowest BCUT2D eigenvalue weighted by molar-refractivity contribution is 0.0894. The number of fused-ring (bicyclic) bond motifs is 5. The molecule has 0 saturated heterocycles. The molecule has 3 aromatic carbocycles. The zero-order chi connectivity index (χ0) is 13.5. The first-order valence-electron chi connectivity index (χ1n) is 7.34. The molecule has 1 unspecified atom stereocenters. The van der Waals surface area contributed by atoms with Gasteiger partial charge in [-0.1, -0.05) is 48.5 Å². The van der Waals surface area contributed by atoms with E-state index in [1.807, 2.05) is 7.11 Å². The average molecular weight is 262 g/mol. The smallest absolute Gasteiger partial charge is 0.0829 e. The highest BCUT2D eigenvalue weighted by molar-refractivity contribution is 6.08. The molecular weight excluding hydrogens is 244 g/mol. The van der Waals surface area contributed by atoms with Crippen LogP contribution in [0.2, 0.25) is 0 Å². The Labute approximate surface area is 119 Å². The second-order valence-corrected chi connectivity index (χ2v) is 5.64. The first kappa shape index (κ1) is 11.9. The van der Waals surface area contributed by atoms with E-state index in [1.165, 1.54) is 45.5 Å². The predicted molar refractivity (Wildman–Crippen MR) is 84.1 cm³/mol. The molecule has 0 aliphatic heterocycles. The van der Waals surface area contributed by atoms with Crippen LogP contribution in [0.4, 0.5) is 0 Å². The van der Waals surface area contributed by atoms with Crippen molar-refractivity contribution in [3.8, 4) is 0 Å². The van der Waals surface area contributed by atoms with Crippen molar-refractivity contribution in [2.75, 3.05) is 7.11 Å². The molecule has 20 heavy (non-hydrogen) atoms. The standard InChI is InChI=1S/C19H18O/c1-20-18-8-4-6-14-10-11-16-15-7-3-2-5-13(15)9-12-17(16)19(14)18/h2-3,5,7,9-12,18H,4,6,8H2,1H3. The van der Waals surface area contributed by atoms with E-state index in [-0.39, 0.29) is 6.10 Å². The van der Waals surface area contributed by atoms with Gasteiger partial charge in [0.25, 0.3) is 0 Å². The minimum Gasteiger partial charge on any atom is -0.377 e. The Morgan fingerprint density at radius 1 is 0.900 bits per heavy atom. The second-order valence-electron chi connectivity index (χ2n) is 5.64. The van der Waals surface area contributed by atoms with Crippen LogP contribution in [0.5, 0.6) is 0 Å². The number of hydrogen-bond donors (Lipinski definition) is 0. The maximum atomic E-state index is 5.74. The van der Waals surface area contributed by atoms with Crippen molar-refractivity contribution in [2.24, 2.45) is 0 Å². The first-order chi connectivity index (χ1) is 9.88. The molecule has 0 aromatic heterocycles. The van der Waals surface area contributed by atoms with E-state index in [1.54, 1.807) is 0 Å². The zero-order valence-electron chi connectivity index (χ0n) is 11.7. The van der Waals surface area contributed by atoms with Gasteiger partial charge < -0.3 is 4.74 Å². The molecule has 3 aromatic rings. The molecule has 0 spiro atoms. The summed E-state index contributed by atoms with van der Waals surface area (Å²) in [5.74, 6) is 0. The van der Waals surface area contributed by atoms with Crippen molar-refractivity contribution in [1.29, 1.82) is 0 Å². The molecule has 1 nitrogen and oxygen atoms in total. The number of ether oxygens (including phenoxy) is 1. The van der Waals surface area contributed by atoms with Crippen LogP contribution in [-0.4, -0.2) is 7.11 Å². The summed E-state index contributed by atoms with van der Waals surface area (Å²) in [5.41, 5.74) is 2.88. The molecule has 1 aliphatic carbocycles. The predicted octanol–water partition coefficient (Wildman–Crippen LogP) is 5.02. The summed E-state index contributed by atoms with van der Waals surface area (Å²) in [4.78, 5) is 0. The highest BCUT2D eigenvalue weighted by Crippen LogP contribution is 2.39. The molecule has 0 heterocycles. The van der Waals surface area contributed by atoms with E-state index in [9.17, 15) is 0 Å². The quantitative estimate of drug-likeness (QED) is 0.560. The Kier molecular flexibility index (Phi) is 2.75. The van der Waals surface area contributed by atoms with Crippen LogP contribution in [0.1, 0.15) is 30.1 Å². The van der Waals surface area contributed by atoms with Gasteiger partial charge in [0.2, 0.25) is 0 Å². The number of aryl methyl sites for hydroxylation is 1. The summed E-state index contributed by atoms with van der Waals surface area (Å²) in [6, 6.07) is 17.7. The SMILES string of the molecule is COC1CCCc2ccc3c(ccc4ccccc43)c21. The third-order valence-electron chi connectivity index (χ3n) is 4.58. The van der Waals surface area contributed by atoms with Crippen molar-refractivity contribution in [3.63, 3.8) is 0 Å². The molecule has 1 heteroatoms. The van der Waals surface area contributed by atoms with Gasteiger partial charge in [0.1, 0.15) is 0 Å². The van der Waals surface area contributed by atoms with Crippen LogP contribution >= 0.6 is 0 Å². The van der Waals surface area contributed by atoms with Crippen LogP contribution in [0.25, 0.3) is 21.5 Å². The molecule has 0 amide bonds. The van der Waals surface area contributed by atoms with E-state index in [4.69, 9.17) is 4.74 Å². The van der Waals surface area contributed by atoms with Crippen LogP contribution in [0, 0.1) is 0 Å². The van der Waals surface area contributed by atoms with Gasteiger partial charge in [-0.15, -0.1) is 0 Å². The van der Waals surface area contributed by atoms with E-state index in [2.05, 4.69) is 48.5 Å². The van der Waals surface area contributed by atoms with Gasteiger partial charge in [-0.05, 0) is 51.9 Å². The monoisotopic (exact) mass is 262 g/mol. The maximum Gasteiger partial charge on any atom is 0.0829 e. The van der Waals surface area contributed by atoms with E-state index in [0.717, 1.165) is 6.42 Å². The lowest BCUT2D eigenvalue weighted by Crippen LogP contribution is -2.11. The Bertz CT molecular complexity index is 788. The topological polar surface area (TPSA) is 9.23 Å².